The van der Waals surface area contributed by atoms with E-state index >= 15 is 0 Å². The van der Waals surface area contributed by atoms with Crippen molar-refractivity contribution in [1.82, 2.24) is 4.90 Å². The first-order valence-corrected chi connectivity index (χ1v) is 5.61. The van der Waals surface area contributed by atoms with Crippen LogP contribution in [-0.2, 0) is 4.74 Å². The first kappa shape index (κ1) is 10.3. The summed E-state index contributed by atoms with van der Waals surface area (Å²) in [5.41, 5.74) is -0.560. The van der Waals surface area contributed by atoms with Crippen molar-refractivity contribution in [1.29, 1.82) is 5.26 Å². The smallest absolute Gasteiger partial charge is 0.411 e. The van der Waals surface area contributed by atoms with Crippen LogP contribution in [0.2, 0.25) is 0 Å². The highest BCUT2D eigenvalue weighted by Gasteiger charge is 2.52. The molecule has 2 atom stereocenters. The molecule has 0 aliphatic carbocycles. The van der Waals surface area contributed by atoms with Gasteiger partial charge in [-0.05, 0) is 39.0 Å². The Balaban J connectivity index is 2.22. The molecule has 0 radical (unpaired) electrons. The van der Waals surface area contributed by atoms with Gasteiger partial charge < -0.3 is 4.74 Å². The van der Waals surface area contributed by atoms with Gasteiger partial charge in [0.1, 0.15) is 5.54 Å². The maximum Gasteiger partial charge on any atom is 0.411 e. The van der Waals surface area contributed by atoms with E-state index in [-0.39, 0.29) is 12.1 Å². The van der Waals surface area contributed by atoms with Gasteiger partial charge in [0.15, 0.2) is 0 Å². The number of nitrogens with zero attached hydrogens (tertiary/aromatic N) is 2. The summed E-state index contributed by atoms with van der Waals surface area (Å²) in [4.78, 5) is 13.5. The van der Waals surface area contributed by atoms with Gasteiger partial charge in [0.25, 0.3) is 0 Å². The molecule has 2 rings (SSSR count). The van der Waals surface area contributed by atoms with Crippen LogP contribution in [0.3, 0.4) is 0 Å². The molecule has 4 heteroatoms. The molecule has 0 saturated carbocycles. The van der Waals surface area contributed by atoms with Crippen LogP contribution in [0.15, 0.2) is 0 Å². The Morgan fingerprint density at radius 2 is 2.40 bits per heavy atom. The summed E-state index contributed by atoms with van der Waals surface area (Å²) < 4.78 is 5.02. The molecule has 0 spiro atoms. The van der Waals surface area contributed by atoms with E-state index in [2.05, 4.69) is 6.07 Å². The highest BCUT2D eigenvalue weighted by molar-refractivity contribution is 5.70. The fourth-order valence-corrected chi connectivity index (χ4v) is 2.84. The topological polar surface area (TPSA) is 53.3 Å². The Kier molecular flexibility index (Phi) is 2.56. The van der Waals surface area contributed by atoms with Crippen molar-refractivity contribution in [2.45, 2.75) is 50.6 Å². The lowest BCUT2D eigenvalue weighted by atomic mass is 9.90. The minimum absolute atomic E-state index is 0.234. The third kappa shape index (κ3) is 1.46. The Labute approximate surface area is 89.8 Å². The van der Waals surface area contributed by atoms with Gasteiger partial charge in [0, 0.05) is 6.04 Å². The zero-order chi connectivity index (χ0) is 10.9. The summed E-state index contributed by atoms with van der Waals surface area (Å²) >= 11 is 0. The van der Waals surface area contributed by atoms with E-state index in [1.54, 1.807) is 11.8 Å². The summed E-state index contributed by atoms with van der Waals surface area (Å²) in [6.07, 6.45) is 4.33. The Bertz CT molecular complexity index is 306. The molecule has 0 aromatic carbocycles. The number of piperidine rings is 1. The van der Waals surface area contributed by atoms with Crippen molar-refractivity contribution in [2.75, 3.05) is 6.61 Å². The van der Waals surface area contributed by atoms with Gasteiger partial charge in [-0.15, -0.1) is 0 Å². The Morgan fingerprint density at radius 1 is 1.60 bits per heavy atom. The first-order chi connectivity index (χ1) is 7.23. The highest BCUT2D eigenvalue weighted by Crippen LogP contribution is 2.43. The molecule has 1 amide bonds. The van der Waals surface area contributed by atoms with Crippen molar-refractivity contribution in [3.05, 3.63) is 0 Å². The molecule has 0 aromatic heterocycles. The minimum Gasteiger partial charge on any atom is -0.450 e. The third-order valence-electron chi connectivity index (χ3n) is 3.52. The standard InChI is InChI=1S/C11H16N2O2/c1-2-15-10(14)13-9-4-3-6-11(13,8-12)7-5-9/h9H,2-7H2,1H3. The lowest BCUT2D eigenvalue weighted by molar-refractivity contribution is 0.0538. The Hall–Kier alpha value is -1.24. The van der Waals surface area contributed by atoms with Crippen LogP contribution in [0.25, 0.3) is 0 Å². The van der Waals surface area contributed by atoms with E-state index in [4.69, 9.17) is 4.74 Å². The SMILES string of the molecule is CCOC(=O)N1C2CCCC1(C#N)CC2. The molecule has 2 bridgehead atoms. The molecule has 2 aliphatic heterocycles. The maximum atomic E-state index is 11.8. The molecule has 2 unspecified atom stereocenters. The number of ether oxygens (including phenoxy) is 1. The molecule has 4 nitrogen and oxygen atoms in total. The molecule has 0 N–H and O–H groups in total. The quantitative estimate of drug-likeness (QED) is 0.662. The number of carbonyl (C=O) groups excluding carboxylic acids is 1. The van der Waals surface area contributed by atoms with Gasteiger partial charge in [0.05, 0.1) is 12.7 Å². The van der Waals surface area contributed by atoms with Crippen LogP contribution in [0, 0.1) is 11.3 Å². The fraction of sp³-hybridized carbons (Fsp3) is 0.818. The molecule has 2 saturated heterocycles. The zero-order valence-electron chi connectivity index (χ0n) is 9.03. The number of carbonyl (C=O) groups is 1. The van der Waals surface area contributed by atoms with E-state index in [0.29, 0.717) is 6.61 Å². The number of hydrogen-bond donors (Lipinski definition) is 0. The van der Waals surface area contributed by atoms with E-state index in [0.717, 1.165) is 32.1 Å². The molecular formula is C11H16N2O2. The van der Waals surface area contributed by atoms with Gasteiger partial charge in [-0.25, -0.2) is 4.79 Å². The van der Waals surface area contributed by atoms with Crippen LogP contribution in [0.1, 0.15) is 39.0 Å². The van der Waals surface area contributed by atoms with Gasteiger partial charge in [0.2, 0.25) is 0 Å². The van der Waals surface area contributed by atoms with E-state index in [9.17, 15) is 10.1 Å². The number of nitriles is 1. The summed E-state index contributed by atoms with van der Waals surface area (Å²) in [6, 6.07) is 2.56. The predicted molar refractivity (Wildman–Crippen MR) is 54.1 cm³/mol. The second kappa shape index (κ2) is 3.73. The second-order valence-corrected chi connectivity index (χ2v) is 4.30. The predicted octanol–water partition coefficient (Wildman–Crippen LogP) is 2.05. The number of rotatable bonds is 1. The summed E-state index contributed by atoms with van der Waals surface area (Å²) in [5.74, 6) is 0. The number of fused-ring (bicyclic) bond motifs is 2. The molecular weight excluding hydrogens is 192 g/mol. The molecule has 2 heterocycles. The van der Waals surface area contributed by atoms with Crippen molar-refractivity contribution in [2.24, 2.45) is 0 Å². The van der Waals surface area contributed by atoms with E-state index in [1.807, 2.05) is 0 Å². The van der Waals surface area contributed by atoms with Crippen LogP contribution >= 0.6 is 0 Å². The summed E-state index contributed by atoms with van der Waals surface area (Å²) in [6.45, 7) is 2.17. The number of hydrogen-bond acceptors (Lipinski definition) is 3. The van der Waals surface area contributed by atoms with Gasteiger partial charge in [-0.1, -0.05) is 0 Å². The van der Waals surface area contributed by atoms with E-state index < -0.39 is 5.54 Å². The maximum absolute atomic E-state index is 11.8. The van der Waals surface area contributed by atoms with E-state index in [1.165, 1.54) is 0 Å². The van der Waals surface area contributed by atoms with Crippen LogP contribution in [0.4, 0.5) is 4.79 Å². The van der Waals surface area contributed by atoms with Crippen LogP contribution in [0.5, 0.6) is 0 Å². The highest BCUT2D eigenvalue weighted by atomic mass is 16.6. The van der Waals surface area contributed by atoms with Crippen LogP contribution < -0.4 is 0 Å². The normalized spacial score (nSPS) is 33.6. The molecule has 15 heavy (non-hydrogen) atoms. The molecule has 82 valence electrons. The largest absolute Gasteiger partial charge is 0.450 e. The molecule has 0 aromatic rings. The Morgan fingerprint density at radius 3 is 3.07 bits per heavy atom. The number of amides is 1. The monoisotopic (exact) mass is 208 g/mol. The van der Waals surface area contributed by atoms with Gasteiger partial charge in [-0.3, -0.25) is 4.90 Å². The van der Waals surface area contributed by atoms with Crippen molar-refractivity contribution in [3.63, 3.8) is 0 Å². The fourth-order valence-electron chi connectivity index (χ4n) is 2.84. The first-order valence-electron chi connectivity index (χ1n) is 5.61. The third-order valence-corrected chi connectivity index (χ3v) is 3.52. The van der Waals surface area contributed by atoms with Gasteiger partial charge >= 0.3 is 6.09 Å². The summed E-state index contributed by atoms with van der Waals surface area (Å²) in [7, 11) is 0. The summed E-state index contributed by atoms with van der Waals surface area (Å²) in [5, 5.41) is 9.26. The van der Waals surface area contributed by atoms with Crippen LogP contribution in [-0.4, -0.2) is 29.2 Å². The lowest BCUT2D eigenvalue weighted by Crippen LogP contribution is -2.52. The average Bonchev–Trinajstić information content (AvgIpc) is 2.47. The molecule has 2 aliphatic rings. The second-order valence-electron chi connectivity index (χ2n) is 4.30. The minimum atomic E-state index is -0.560. The van der Waals surface area contributed by atoms with Crippen molar-refractivity contribution >= 4 is 6.09 Å². The van der Waals surface area contributed by atoms with Crippen molar-refractivity contribution in [3.8, 4) is 6.07 Å². The lowest BCUT2D eigenvalue weighted by Gasteiger charge is -2.39. The average molecular weight is 208 g/mol. The van der Waals surface area contributed by atoms with Crippen molar-refractivity contribution < 1.29 is 9.53 Å². The zero-order valence-corrected chi connectivity index (χ0v) is 9.03. The van der Waals surface area contributed by atoms with Gasteiger partial charge in [-0.2, -0.15) is 5.26 Å². The molecule has 2 fully saturated rings.